The molecule has 0 spiro atoms. The molecule has 0 aromatic rings. The number of alkyl halides is 3. The molecule has 0 heterocycles. The lowest BCUT2D eigenvalue weighted by atomic mass is 11.6. The van der Waals surface area contributed by atoms with E-state index in [0.717, 1.165) is 0 Å². The van der Waals surface area contributed by atoms with E-state index >= 15 is 0 Å². The number of hydrogen-bond acceptors (Lipinski definition) is 3. The zero-order valence-electron chi connectivity index (χ0n) is 3.68. The van der Waals surface area contributed by atoms with Gasteiger partial charge in [0, 0.05) is 0 Å². The molecular weight excluding hydrogens is 181 g/mol. The van der Waals surface area contributed by atoms with E-state index in [4.69, 9.17) is 0 Å². The number of rotatable bonds is 1. The van der Waals surface area contributed by atoms with Crippen LogP contribution in [0, 0.1) is 0 Å². The summed E-state index contributed by atoms with van der Waals surface area (Å²) < 4.78 is 55.0. The SMILES string of the molecule is O=S(=O)(O[S])C(F)(F)F. The van der Waals surface area contributed by atoms with E-state index < -0.39 is 15.6 Å². The average Bonchev–Trinajstić information content (AvgIpc) is 1.64. The Morgan fingerprint density at radius 1 is 1.33 bits per heavy atom. The van der Waals surface area contributed by atoms with Crippen LogP contribution in [-0.2, 0) is 13.7 Å². The maximum Gasteiger partial charge on any atom is 0.524 e. The molecule has 0 aromatic heterocycles. The molecule has 0 unspecified atom stereocenters. The highest BCUT2D eigenvalue weighted by Crippen LogP contribution is 2.24. The maximum atomic E-state index is 11.1. The van der Waals surface area contributed by atoms with E-state index in [-0.39, 0.29) is 0 Å². The highest BCUT2D eigenvalue weighted by Gasteiger charge is 2.47. The summed E-state index contributed by atoms with van der Waals surface area (Å²) in [4.78, 5) is 0. The van der Waals surface area contributed by atoms with Crippen LogP contribution in [0.2, 0.25) is 0 Å². The summed E-state index contributed by atoms with van der Waals surface area (Å²) in [6.45, 7) is 0. The van der Waals surface area contributed by atoms with Crippen molar-refractivity contribution in [2.75, 3.05) is 0 Å². The summed E-state index contributed by atoms with van der Waals surface area (Å²) in [6.07, 6.45) is 0. The first kappa shape index (κ1) is 9.05. The van der Waals surface area contributed by atoms with Crippen molar-refractivity contribution in [3.63, 3.8) is 0 Å². The van der Waals surface area contributed by atoms with Gasteiger partial charge in [0.25, 0.3) is 0 Å². The molecule has 0 saturated carbocycles. The third-order valence-electron chi connectivity index (χ3n) is 0.373. The number of halogens is 3. The molecule has 0 saturated heterocycles. The first-order chi connectivity index (χ1) is 3.81. The van der Waals surface area contributed by atoms with Crippen LogP contribution in [0.5, 0.6) is 0 Å². The van der Waals surface area contributed by atoms with E-state index in [0.29, 0.717) is 0 Å². The summed E-state index contributed by atoms with van der Waals surface area (Å²) in [5.41, 5.74) is -5.41. The molecule has 0 bridgehead atoms. The predicted octanol–water partition coefficient (Wildman–Crippen LogP) is 0.965. The van der Waals surface area contributed by atoms with E-state index in [1.54, 1.807) is 0 Å². The van der Waals surface area contributed by atoms with E-state index in [1.807, 2.05) is 0 Å². The van der Waals surface area contributed by atoms with Crippen LogP contribution in [-0.4, -0.2) is 13.9 Å². The molecule has 9 heavy (non-hydrogen) atoms. The molecule has 55 valence electrons. The topological polar surface area (TPSA) is 43.4 Å². The molecule has 0 N–H and O–H groups in total. The average molecular weight is 181 g/mol. The fraction of sp³-hybridized carbons (Fsp3) is 1.00. The van der Waals surface area contributed by atoms with Crippen molar-refractivity contribution < 1.29 is 25.2 Å². The van der Waals surface area contributed by atoms with Gasteiger partial charge in [-0.1, -0.05) is 0 Å². The van der Waals surface area contributed by atoms with Gasteiger partial charge >= 0.3 is 15.6 Å². The molecular formula is CF3O3S2. The van der Waals surface area contributed by atoms with Gasteiger partial charge in [0.1, 0.15) is 12.9 Å². The van der Waals surface area contributed by atoms with Crippen LogP contribution in [0.1, 0.15) is 0 Å². The molecule has 0 aliphatic rings. The van der Waals surface area contributed by atoms with Crippen molar-refractivity contribution in [3.8, 4) is 0 Å². The molecule has 0 atom stereocenters. The predicted molar refractivity (Wildman–Crippen MR) is 23.7 cm³/mol. The van der Waals surface area contributed by atoms with Crippen molar-refractivity contribution >= 4 is 23.0 Å². The van der Waals surface area contributed by atoms with Gasteiger partial charge in [0.15, 0.2) is 0 Å². The second-order valence-corrected chi connectivity index (χ2v) is 2.88. The van der Waals surface area contributed by atoms with Gasteiger partial charge in [-0.05, 0) is 0 Å². The lowest BCUT2D eigenvalue weighted by molar-refractivity contribution is -0.0493. The molecule has 3 nitrogen and oxygen atoms in total. The Morgan fingerprint density at radius 3 is 1.67 bits per heavy atom. The highest BCUT2D eigenvalue weighted by atomic mass is 32.3. The van der Waals surface area contributed by atoms with Crippen molar-refractivity contribution in [2.24, 2.45) is 0 Å². The first-order valence-electron chi connectivity index (χ1n) is 1.44. The van der Waals surface area contributed by atoms with Crippen molar-refractivity contribution in [1.82, 2.24) is 0 Å². The molecule has 8 heteroatoms. The van der Waals surface area contributed by atoms with Crippen LogP contribution in [0.25, 0.3) is 0 Å². The molecule has 0 rings (SSSR count). The third-order valence-corrected chi connectivity index (χ3v) is 1.66. The first-order valence-corrected chi connectivity index (χ1v) is 3.18. The molecule has 0 aliphatic carbocycles. The second kappa shape index (κ2) is 2.35. The van der Waals surface area contributed by atoms with Gasteiger partial charge in [-0.2, -0.15) is 25.2 Å². The third kappa shape index (κ3) is 2.03. The van der Waals surface area contributed by atoms with Gasteiger partial charge in [0.05, 0.1) is 0 Å². The molecule has 0 aromatic carbocycles. The van der Waals surface area contributed by atoms with Gasteiger partial charge in [-0.15, -0.1) is 0 Å². The Bertz CT molecular complexity index is 178. The quantitative estimate of drug-likeness (QED) is 0.566. The minimum absolute atomic E-state index is 2.73. The summed E-state index contributed by atoms with van der Waals surface area (Å²) in [7, 11) is -5.52. The smallest absolute Gasteiger partial charge is 0.189 e. The van der Waals surface area contributed by atoms with Crippen LogP contribution >= 0.6 is 12.9 Å². The monoisotopic (exact) mass is 181 g/mol. The standard InChI is InChI=1S/CF3O3S2/c2-1(3,4)9(5,6)7-8. The fourth-order valence-corrected chi connectivity index (χ4v) is 0.347. The minimum Gasteiger partial charge on any atom is -0.189 e. The molecule has 0 amide bonds. The van der Waals surface area contributed by atoms with Gasteiger partial charge < -0.3 is 0 Å². The lowest BCUT2D eigenvalue weighted by Crippen LogP contribution is -2.22. The van der Waals surface area contributed by atoms with Gasteiger partial charge in [-0.25, -0.2) is 0 Å². The van der Waals surface area contributed by atoms with E-state index in [1.165, 1.54) is 0 Å². The maximum absolute atomic E-state index is 11.1. The zero-order valence-corrected chi connectivity index (χ0v) is 5.31. The fourth-order valence-electron chi connectivity index (χ4n) is 0.0386. The molecule has 0 aliphatic heterocycles. The van der Waals surface area contributed by atoms with Crippen LogP contribution < -0.4 is 0 Å². The van der Waals surface area contributed by atoms with Crippen molar-refractivity contribution in [1.29, 1.82) is 0 Å². The van der Waals surface area contributed by atoms with Crippen LogP contribution in [0.4, 0.5) is 13.2 Å². The summed E-state index contributed by atoms with van der Waals surface area (Å²) in [5, 5.41) is 0. The lowest BCUT2D eigenvalue weighted by Gasteiger charge is -2.00. The minimum atomic E-state index is -5.52. The molecule has 0 fully saturated rings. The van der Waals surface area contributed by atoms with E-state index in [9.17, 15) is 21.6 Å². The highest BCUT2D eigenvalue weighted by molar-refractivity contribution is 7.96. The van der Waals surface area contributed by atoms with E-state index in [2.05, 4.69) is 16.5 Å². The second-order valence-electron chi connectivity index (χ2n) is 0.968. The normalized spacial score (nSPS) is 13.8. The zero-order chi connectivity index (χ0) is 7.71. The Hall–Kier alpha value is 0.0500. The summed E-state index contributed by atoms with van der Waals surface area (Å²) in [6, 6.07) is 0. The van der Waals surface area contributed by atoms with Gasteiger partial charge in [-0.3, -0.25) is 0 Å². The Labute approximate surface area is 54.5 Å². The molecule has 1 radical (unpaired) electrons. The van der Waals surface area contributed by atoms with Crippen LogP contribution in [0.3, 0.4) is 0 Å². The largest absolute Gasteiger partial charge is 0.524 e. The summed E-state index contributed by atoms with van der Waals surface area (Å²) >= 11 is 3.23. The Kier molecular flexibility index (Phi) is 2.36. The summed E-state index contributed by atoms with van der Waals surface area (Å²) in [5.74, 6) is 0. The van der Waals surface area contributed by atoms with Gasteiger partial charge in [0.2, 0.25) is 0 Å². The Balaban J connectivity index is 4.57. The number of hydrogen-bond donors (Lipinski definition) is 0. The Morgan fingerprint density at radius 2 is 1.67 bits per heavy atom. The van der Waals surface area contributed by atoms with Crippen molar-refractivity contribution in [3.05, 3.63) is 0 Å². The van der Waals surface area contributed by atoms with Crippen molar-refractivity contribution in [2.45, 2.75) is 5.51 Å². The van der Waals surface area contributed by atoms with Crippen LogP contribution in [0.15, 0.2) is 0 Å².